The van der Waals surface area contributed by atoms with Crippen LogP contribution in [-0.2, 0) is 9.53 Å². The van der Waals surface area contributed by atoms with Crippen molar-refractivity contribution in [2.75, 3.05) is 6.54 Å². The van der Waals surface area contributed by atoms with E-state index in [0.29, 0.717) is 6.42 Å². The van der Waals surface area contributed by atoms with Crippen molar-refractivity contribution in [1.82, 2.24) is 4.90 Å². The van der Waals surface area contributed by atoms with Crippen molar-refractivity contribution in [3.8, 4) is 0 Å². The van der Waals surface area contributed by atoms with Crippen LogP contribution in [0, 0.1) is 5.41 Å². The summed E-state index contributed by atoms with van der Waals surface area (Å²) in [5, 5.41) is 0. The molecule has 0 saturated carbocycles. The number of carbonyl (C=O) groups excluding carboxylic acids is 1. The highest BCUT2D eigenvalue weighted by molar-refractivity contribution is 5.83. The van der Waals surface area contributed by atoms with Crippen LogP contribution in [0.3, 0.4) is 0 Å². The van der Waals surface area contributed by atoms with E-state index in [2.05, 4.69) is 32.3 Å². The highest BCUT2D eigenvalue weighted by atomic mass is 16.6. The van der Waals surface area contributed by atoms with Crippen molar-refractivity contribution in [3.63, 3.8) is 0 Å². The second kappa shape index (κ2) is 3.59. The third-order valence-electron chi connectivity index (χ3n) is 3.64. The molecular formula is C13H21NO2. The lowest BCUT2D eigenvalue weighted by Crippen LogP contribution is -2.48. The molecule has 0 amide bonds. The van der Waals surface area contributed by atoms with Gasteiger partial charge in [-0.15, -0.1) is 6.58 Å². The molecule has 0 spiro atoms. The zero-order chi connectivity index (χ0) is 12.0. The normalized spacial score (nSPS) is 34.9. The summed E-state index contributed by atoms with van der Waals surface area (Å²) in [5.74, 6) is -0.0511. The zero-order valence-electron chi connectivity index (χ0n) is 10.5. The van der Waals surface area contributed by atoms with Crippen LogP contribution in [0.4, 0.5) is 0 Å². The fraction of sp³-hybridized carbons (Fsp3) is 0.769. The van der Waals surface area contributed by atoms with Crippen LogP contribution >= 0.6 is 0 Å². The highest BCUT2D eigenvalue weighted by Crippen LogP contribution is 2.45. The largest absolute Gasteiger partial charge is 0.444 e. The first-order chi connectivity index (χ1) is 7.42. The van der Waals surface area contributed by atoms with Crippen molar-refractivity contribution >= 4 is 5.97 Å². The first-order valence-corrected chi connectivity index (χ1v) is 6.00. The topological polar surface area (TPSA) is 29.5 Å². The average Bonchev–Trinajstić information content (AvgIpc) is 2.66. The number of esters is 1. The predicted molar refractivity (Wildman–Crippen MR) is 62.8 cm³/mol. The van der Waals surface area contributed by atoms with Crippen molar-refractivity contribution in [3.05, 3.63) is 12.7 Å². The summed E-state index contributed by atoms with van der Waals surface area (Å²) in [7, 11) is 0. The Morgan fingerprint density at radius 1 is 1.62 bits per heavy atom. The molecule has 3 heteroatoms. The molecule has 3 nitrogen and oxygen atoms in total. The van der Waals surface area contributed by atoms with Gasteiger partial charge in [-0.05, 0) is 19.3 Å². The van der Waals surface area contributed by atoms with E-state index in [1.165, 1.54) is 0 Å². The maximum absolute atomic E-state index is 12.1. The molecule has 2 atom stereocenters. The maximum atomic E-state index is 12.1. The smallest absolute Gasteiger partial charge is 0.328 e. The van der Waals surface area contributed by atoms with Crippen LogP contribution in [-0.4, -0.2) is 29.2 Å². The Morgan fingerprint density at radius 2 is 2.31 bits per heavy atom. The van der Waals surface area contributed by atoms with Crippen LogP contribution in [0.1, 0.15) is 40.0 Å². The maximum Gasteiger partial charge on any atom is 0.328 e. The summed E-state index contributed by atoms with van der Waals surface area (Å²) >= 11 is 0. The minimum atomic E-state index is -0.403. The quantitative estimate of drug-likeness (QED) is 0.531. The van der Waals surface area contributed by atoms with E-state index < -0.39 is 5.54 Å². The van der Waals surface area contributed by atoms with Crippen molar-refractivity contribution in [2.24, 2.45) is 5.41 Å². The van der Waals surface area contributed by atoms with Gasteiger partial charge in [-0.1, -0.05) is 26.8 Å². The Labute approximate surface area is 97.5 Å². The van der Waals surface area contributed by atoms with Gasteiger partial charge in [0.1, 0.15) is 5.54 Å². The number of nitrogens with zero attached hydrogens (tertiary/aromatic N) is 1. The highest BCUT2D eigenvalue weighted by Gasteiger charge is 2.59. The number of cyclic esters (lactones) is 1. The van der Waals surface area contributed by atoms with Gasteiger partial charge in [0, 0.05) is 12.0 Å². The summed E-state index contributed by atoms with van der Waals surface area (Å²) in [6.07, 6.45) is 4.45. The van der Waals surface area contributed by atoms with Crippen LogP contribution in [0.5, 0.6) is 0 Å². The number of hydrogen-bond donors (Lipinski definition) is 0. The van der Waals surface area contributed by atoms with Crippen molar-refractivity contribution in [2.45, 2.75) is 51.8 Å². The lowest BCUT2D eigenvalue weighted by atomic mass is 9.90. The molecule has 16 heavy (non-hydrogen) atoms. The summed E-state index contributed by atoms with van der Waals surface area (Å²) < 4.78 is 5.59. The lowest BCUT2D eigenvalue weighted by molar-refractivity contribution is -0.149. The molecule has 2 aliphatic heterocycles. The SMILES string of the molecule is C=CCC12CCCN1[C@H](C(C)(C)C)OC2=O. The summed E-state index contributed by atoms with van der Waals surface area (Å²) in [4.78, 5) is 14.4. The standard InChI is InChI=1S/C13H21NO2/c1-5-7-13-8-6-9-14(13)10(12(2,3)4)16-11(13)15/h5,10H,1,6-9H2,2-4H3/t10-,13?/m0/s1. The van der Waals surface area contributed by atoms with Gasteiger partial charge in [-0.3, -0.25) is 4.90 Å². The second-order valence-corrected chi connectivity index (χ2v) is 5.95. The summed E-state index contributed by atoms with van der Waals surface area (Å²) in [6, 6.07) is 0. The van der Waals surface area contributed by atoms with Crippen molar-refractivity contribution < 1.29 is 9.53 Å². The molecule has 2 saturated heterocycles. The molecule has 0 N–H and O–H groups in total. The molecule has 0 aromatic rings. The molecule has 90 valence electrons. The molecule has 0 aromatic carbocycles. The molecular weight excluding hydrogens is 202 g/mol. The zero-order valence-corrected chi connectivity index (χ0v) is 10.5. The number of ether oxygens (including phenoxy) is 1. The molecule has 0 bridgehead atoms. The third-order valence-corrected chi connectivity index (χ3v) is 3.64. The van der Waals surface area contributed by atoms with E-state index >= 15 is 0 Å². The number of rotatable bonds is 2. The van der Waals surface area contributed by atoms with Crippen LogP contribution in [0.25, 0.3) is 0 Å². The Kier molecular flexibility index (Phi) is 2.61. The number of fused-ring (bicyclic) bond motifs is 1. The van der Waals surface area contributed by atoms with Gasteiger partial charge in [0.2, 0.25) is 0 Å². The van der Waals surface area contributed by atoms with Gasteiger partial charge in [-0.25, -0.2) is 4.79 Å². The first-order valence-electron chi connectivity index (χ1n) is 6.00. The third kappa shape index (κ3) is 1.49. The minimum Gasteiger partial charge on any atom is -0.444 e. The molecule has 2 rings (SSSR count). The number of carbonyl (C=O) groups is 1. The van der Waals surface area contributed by atoms with E-state index in [1.807, 2.05) is 6.08 Å². The fourth-order valence-corrected chi connectivity index (χ4v) is 2.92. The molecule has 1 unspecified atom stereocenters. The van der Waals surface area contributed by atoms with Gasteiger partial charge in [-0.2, -0.15) is 0 Å². The molecule has 2 aliphatic rings. The Morgan fingerprint density at radius 3 is 2.88 bits per heavy atom. The second-order valence-electron chi connectivity index (χ2n) is 5.95. The first kappa shape index (κ1) is 11.6. The molecule has 0 aromatic heterocycles. The van der Waals surface area contributed by atoms with E-state index in [9.17, 15) is 4.79 Å². The Hall–Kier alpha value is -0.830. The van der Waals surface area contributed by atoms with Gasteiger partial charge >= 0.3 is 5.97 Å². The van der Waals surface area contributed by atoms with E-state index in [4.69, 9.17) is 4.74 Å². The Balaban J connectivity index is 2.32. The molecule has 2 fully saturated rings. The summed E-state index contributed by atoms with van der Waals surface area (Å²) in [6.45, 7) is 11.1. The number of hydrogen-bond acceptors (Lipinski definition) is 3. The van der Waals surface area contributed by atoms with E-state index in [1.54, 1.807) is 0 Å². The van der Waals surface area contributed by atoms with Crippen molar-refractivity contribution in [1.29, 1.82) is 0 Å². The molecule has 0 radical (unpaired) electrons. The van der Waals surface area contributed by atoms with E-state index in [-0.39, 0.29) is 17.6 Å². The monoisotopic (exact) mass is 223 g/mol. The van der Waals surface area contributed by atoms with Crippen LogP contribution in [0.15, 0.2) is 12.7 Å². The molecule has 2 heterocycles. The van der Waals surface area contributed by atoms with Gasteiger partial charge in [0.15, 0.2) is 6.23 Å². The molecule has 0 aliphatic carbocycles. The Bertz CT molecular complexity index is 318. The predicted octanol–water partition coefficient (Wildman–Crippen LogP) is 2.33. The average molecular weight is 223 g/mol. The van der Waals surface area contributed by atoms with Gasteiger partial charge in [0.05, 0.1) is 0 Å². The van der Waals surface area contributed by atoms with Crippen LogP contribution < -0.4 is 0 Å². The van der Waals surface area contributed by atoms with Crippen LogP contribution in [0.2, 0.25) is 0 Å². The lowest BCUT2D eigenvalue weighted by Gasteiger charge is -2.35. The van der Waals surface area contributed by atoms with E-state index in [0.717, 1.165) is 19.4 Å². The van der Waals surface area contributed by atoms with Gasteiger partial charge in [0.25, 0.3) is 0 Å². The fourth-order valence-electron chi connectivity index (χ4n) is 2.92. The minimum absolute atomic E-state index is 0.0249. The van der Waals surface area contributed by atoms with Gasteiger partial charge < -0.3 is 4.74 Å². The summed E-state index contributed by atoms with van der Waals surface area (Å²) in [5.41, 5.74) is -0.428.